The summed E-state index contributed by atoms with van der Waals surface area (Å²) in [6.45, 7) is 8.09. The first-order chi connectivity index (χ1) is 9.91. The molecular formula is C14H24N4O2S. The van der Waals surface area contributed by atoms with Gasteiger partial charge in [-0.25, -0.2) is 18.4 Å². The Labute approximate surface area is 126 Å². The molecule has 0 saturated carbocycles. The highest BCUT2D eigenvalue weighted by atomic mass is 32.2. The summed E-state index contributed by atoms with van der Waals surface area (Å²) in [7, 11) is -2.88. The molecule has 2 rings (SSSR count). The predicted molar refractivity (Wildman–Crippen MR) is 85.8 cm³/mol. The number of hydrogen-bond donors (Lipinski definition) is 1. The third-order valence-electron chi connectivity index (χ3n) is 3.47. The minimum atomic E-state index is -2.88. The van der Waals surface area contributed by atoms with Crippen LogP contribution in [0.1, 0.15) is 38.9 Å². The average Bonchev–Trinajstić information content (AvgIpc) is 2.44. The molecule has 1 aromatic heterocycles. The van der Waals surface area contributed by atoms with Gasteiger partial charge in [0.2, 0.25) is 0 Å². The summed E-state index contributed by atoms with van der Waals surface area (Å²) < 4.78 is 23.1. The number of nitrogens with zero attached hydrogens (tertiary/aromatic N) is 3. The molecule has 0 bridgehead atoms. The molecule has 1 fully saturated rings. The van der Waals surface area contributed by atoms with Crippen molar-refractivity contribution in [3.63, 3.8) is 0 Å². The van der Waals surface area contributed by atoms with E-state index >= 15 is 0 Å². The van der Waals surface area contributed by atoms with E-state index in [2.05, 4.69) is 36.1 Å². The zero-order valence-corrected chi connectivity index (χ0v) is 13.8. The maximum Gasteiger partial charge on any atom is 0.153 e. The van der Waals surface area contributed by atoms with E-state index in [1.807, 2.05) is 11.0 Å². The largest absolute Gasteiger partial charge is 0.370 e. The van der Waals surface area contributed by atoms with Crippen molar-refractivity contribution < 1.29 is 8.42 Å². The second-order valence-corrected chi connectivity index (χ2v) is 7.99. The summed E-state index contributed by atoms with van der Waals surface area (Å²) in [5.41, 5.74) is 0. The fourth-order valence-electron chi connectivity index (χ4n) is 2.16. The SMILES string of the molecule is CCCNc1cc(N2CCS(=O)(=O)CC2)nc(C(C)C)n1. The van der Waals surface area contributed by atoms with E-state index in [1.54, 1.807) is 0 Å². The van der Waals surface area contributed by atoms with Crippen molar-refractivity contribution >= 4 is 21.5 Å². The molecule has 1 aromatic rings. The van der Waals surface area contributed by atoms with Crippen LogP contribution < -0.4 is 10.2 Å². The number of aromatic nitrogens is 2. The van der Waals surface area contributed by atoms with Crippen LogP contribution in [-0.2, 0) is 9.84 Å². The molecule has 0 aliphatic carbocycles. The zero-order chi connectivity index (χ0) is 15.5. The fourth-order valence-corrected chi connectivity index (χ4v) is 3.36. The van der Waals surface area contributed by atoms with Crippen LogP contribution in [0.3, 0.4) is 0 Å². The van der Waals surface area contributed by atoms with Gasteiger partial charge in [-0.3, -0.25) is 0 Å². The number of nitrogens with one attached hydrogen (secondary N) is 1. The topological polar surface area (TPSA) is 75.2 Å². The van der Waals surface area contributed by atoms with Gasteiger partial charge in [0, 0.05) is 31.6 Å². The number of sulfone groups is 1. The first-order valence-electron chi connectivity index (χ1n) is 7.49. The Morgan fingerprint density at radius 2 is 1.95 bits per heavy atom. The molecule has 1 saturated heterocycles. The summed E-state index contributed by atoms with van der Waals surface area (Å²) in [6.07, 6.45) is 1.03. The van der Waals surface area contributed by atoms with Crippen LogP contribution in [0.25, 0.3) is 0 Å². The summed E-state index contributed by atoms with van der Waals surface area (Å²) in [5, 5.41) is 3.29. The average molecular weight is 312 g/mol. The maximum atomic E-state index is 11.5. The molecule has 7 heteroatoms. The highest BCUT2D eigenvalue weighted by Gasteiger charge is 2.23. The van der Waals surface area contributed by atoms with Gasteiger partial charge in [0.25, 0.3) is 0 Å². The lowest BCUT2D eigenvalue weighted by Gasteiger charge is -2.28. The Balaban J connectivity index is 2.23. The first kappa shape index (κ1) is 16.0. The minimum Gasteiger partial charge on any atom is -0.370 e. The Morgan fingerprint density at radius 3 is 2.52 bits per heavy atom. The van der Waals surface area contributed by atoms with Gasteiger partial charge >= 0.3 is 0 Å². The lowest BCUT2D eigenvalue weighted by Crippen LogP contribution is -2.40. The van der Waals surface area contributed by atoms with Crippen molar-refractivity contribution in [1.29, 1.82) is 0 Å². The van der Waals surface area contributed by atoms with E-state index in [9.17, 15) is 8.42 Å². The molecule has 118 valence electrons. The van der Waals surface area contributed by atoms with E-state index in [0.29, 0.717) is 13.1 Å². The molecule has 0 radical (unpaired) electrons. The number of rotatable bonds is 5. The Morgan fingerprint density at radius 1 is 1.29 bits per heavy atom. The third-order valence-corrected chi connectivity index (χ3v) is 5.08. The first-order valence-corrected chi connectivity index (χ1v) is 9.31. The quantitative estimate of drug-likeness (QED) is 0.891. The summed E-state index contributed by atoms with van der Waals surface area (Å²) in [4.78, 5) is 11.2. The normalized spacial score (nSPS) is 18.0. The molecule has 6 nitrogen and oxygen atoms in total. The highest BCUT2D eigenvalue weighted by molar-refractivity contribution is 7.91. The summed E-state index contributed by atoms with van der Waals surface area (Å²) >= 11 is 0. The van der Waals surface area contributed by atoms with Crippen molar-refractivity contribution in [3.05, 3.63) is 11.9 Å². The summed E-state index contributed by atoms with van der Waals surface area (Å²) in [5.74, 6) is 3.07. The van der Waals surface area contributed by atoms with Crippen molar-refractivity contribution in [2.24, 2.45) is 0 Å². The predicted octanol–water partition coefficient (Wildman–Crippen LogP) is 1.66. The van der Waals surface area contributed by atoms with Crippen LogP contribution >= 0.6 is 0 Å². The van der Waals surface area contributed by atoms with E-state index in [0.717, 1.165) is 30.4 Å². The van der Waals surface area contributed by atoms with Crippen molar-refractivity contribution in [2.45, 2.75) is 33.1 Å². The van der Waals surface area contributed by atoms with Crippen LogP contribution in [-0.4, -0.2) is 49.5 Å². The molecule has 0 aromatic carbocycles. The van der Waals surface area contributed by atoms with Gasteiger partial charge in [0.05, 0.1) is 11.5 Å². The fraction of sp³-hybridized carbons (Fsp3) is 0.714. The van der Waals surface area contributed by atoms with Crippen molar-refractivity contribution in [2.75, 3.05) is 41.4 Å². The molecule has 2 heterocycles. The molecular weight excluding hydrogens is 288 g/mol. The van der Waals surface area contributed by atoms with Gasteiger partial charge in [0.15, 0.2) is 9.84 Å². The standard InChI is InChI=1S/C14H24N4O2S/c1-4-5-15-12-10-13(17-14(16-12)11(2)3)18-6-8-21(19,20)9-7-18/h10-11H,4-9H2,1-3H3,(H,15,16,17). The van der Waals surface area contributed by atoms with Gasteiger partial charge in [-0.1, -0.05) is 20.8 Å². The Bertz CT molecular complexity index is 573. The van der Waals surface area contributed by atoms with Gasteiger partial charge in [-0.05, 0) is 6.42 Å². The molecule has 1 aliphatic rings. The van der Waals surface area contributed by atoms with Crippen molar-refractivity contribution in [1.82, 2.24) is 9.97 Å². The molecule has 1 N–H and O–H groups in total. The Hall–Kier alpha value is -1.37. The van der Waals surface area contributed by atoms with E-state index in [4.69, 9.17) is 0 Å². The third kappa shape index (κ3) is 4.30. The van der Waals surface area contributed by atoms with Crippen LogP contribution in [0.2, 0.25) is 0 Å². The van der Waals surface area contributed by atoms with Crippen LogP contribution in [0, 0.1) is 0 Å². The van der Waals surface area contributed by atoms with E-state index in [1.165, 1.54) is 0 Å². The zero-order valence-electron chi connectivity index (χ0n) is 13.0. The van der Waals surface area contributed by atoms with Gasteiger partial charge in [-0.15, -0.1) is 0 Å². The molecule has 0 unspecified atom stereocenters. The second kappa shape index (κ2) is 6.60. The molecule has 1 aliphatic heterocycles. The smallest absolute Gasteiger partial charge is 0.153 e. The highest BCUT2D eigenvalue weighted by Crippen LogP contribution is 2.21. The van der Waals surface area contributed by atoms with Gasteiger partial charge in [-0.2, -0.15) is 0 Å². The molecule has 0 atom stereocenters. The van der Waals surface area contributed by atoms with Gasteiger partial charge in [0.1, 0.15) is 17.5 Å². The van der Waals surface area contributed by atoms with Crippen LogP contribution in [0.15, 0.2) is 6.07 Å². The summed E-state index contributed by atoms with van der Waals surface area (Å²) in [6, 6.07) is 1.92. The monoisotopic (exact) mass is 312 g/mol. The Kier molecular flexibility index (Phi) is 5.03. The van der Waals surface area contributed by atoms with E-state index in [-0.39, 0.29) is 17.4 Å². The molecule has 0 spiro atoms. The van der Waals surface area contributed by atoms with Crippen LogP contribution in [0.4, 0.5) is 11.6 Å². The maximum absolute atomic E-state index is 11.5. The molecule has 0 amide bonds. The lowest BCUT2D eigenvalue weighted by atomic mass is 10.2. The lowest BCUT2D eigenvalue weighted by molar-refractivity contribution is 0.586. The van der Waals surface area contributed by atoms with Gasteiger partial charge < -0.3 is 10.2 Å². The van der Waals surface area contributed by atoms with Crippen LogP contribution in [0.5, 0.6) is 0 Å². The number of anilines is 2. The van der Waals surface area contributed by atoms with E-state index < -0.39 is 9.84 Å². The second-order valence-electron chi connectivity index (χ2n) is 5.69. The molecule has 21 heavy (non-hydrogen) atoms. The minimum absolute atomic E-state index is 0.200. The number of hydrogen-bond acceptors (Lipinski definition) is 6. The van der Waals surface area contributed by atoms with Crippen molar-refractivity contribution in [3.8, 4) is 0 Å².